The average Bonchev–Trinajstić information content (AvgIpc) is 3.18. The van der Waals surface area contributed by atoms with Crippen LogP contribution in [-0.2, 0) is 19.8 Å². The zero-order chi connectivity index (χ0) is 20.2. The van der Waals surface area contributed by atoms with Crippen molar-refractivity contribution in [3.05, 3.63) is 89.2 Å². The Kier molecular flexibility index (Phi) is 5.49. The molecule has 2 aromatic heterocycles. The van der Waals surface area contributed by atoms with Crippen LogP contribution in [0.1, 0.15) is 22.4 Å². The van der Waals surface area contributed by atoms with Crippen LogP contribution in [0.3, 0.4) is 0 Å². The maximum atomic E-state index is 10.0. The van der Waals surface area contributed by atoms with E-state index in [-0.39, 0.29) is 6.61 Å². The molecule has 4 rings (SSSR count). The molecule has 5 heteroatoms. The predicted octanol–water partition coefficient (Wildman–Crippen LogP) is 4.47. The van der Waals surface area contributed by atoms with Crippen LogP contribution >= 0.6 is 0 Å². The fourth-order valence-corrected chi connectivity index (χ4v) is 3.56. The van der Waals surface area contributed by atoms with Gasteiger partial charge in [-0.15, -0.1) is 0 Å². The van der Waals surface area contributed by atoms with Crippen LogP contribution < -0.4 is 9.47 Å². The van der Waals surface area contributed by atoms with Crippen LogP contribution in [0.25, 0.3) is 10.9 Å². The van der Waals surface area contributed by atoms with E-state index in [9.17, 15) is 5.11 Å². The smallest absolute Gasteiger partial charge is 0.220 e. The molecule has 0 saturated heterocycles. The van der Waals surface area contributed by atoms with Gasteiger partial charge in [-0.2, -0.15) is 0 Å². The van der Waals surface area contributed by atoms with Gasteiger partial charge in [0.15, 0.2) is 0 Å². The van der Waals surface area contributed by atoms with Gasteiger partial charge >= 0.3 is 0 Å². The molecule has 5 nitrogen and oxygen atoms in total. The number of aryl methyl sites for hydroxylation is 1. The second kappa shape index (κ2) is 8.37. The summed E-state index contributed by atoms with van der Waals surface area (Å²) in [6.07, 6.45) is 2.03. The van der Waals surface area contributed by atoms with Crippen LogP contribution in [0.5, 0.6) is 11.6 Å². The molecule has 0 spiro atoms. The first-order valence-electron chi connectivity index (χ1n) is 9.58. The van der Waals surface area contributed by atoms with E-state index in [0.29, 0.717) is 19.0 Å². The lowest BCUT2D eigenvalue weighted by atomic mass is 10.1. The van der Waals surface area contributed by atoms with Crippen molar-refractivity contribution in [2.75, 3.05) is 7.11 Å². The lowest BCUT2D eigenvalue weighted by molar-refractivity contribution is 0.254. The summed E-state index contributed by atoms with van der Waals surface area (Å²) >= 11 is 0. The molecule has 29 heavy (non-hydrogen) atoms. The van der Waals surface area contributed by atoms with Gasteiger partial charge in [0.2, 0.25) is 5.88 Å². The van der Waals surface area contributed by atoms with E-state index < -0.39 is 0 Å². The Morgan fingerprint density at radius 3 is 2.41 bits per heavy atom. The SMILES string of the molecule is COc1ccc(Cn2ccc3c(CO)c(OCc4ccccc4)nc(C)c32)cc1. The molecule has 0 unspecified atom stereocenters. The number of aliphatic hydroxyl groups is 1. The zero-order valence-electron chi connectivity index (χ0n) is 16.6. The number of fused-ring (bicyclic) bond motifs is 1. The molecule has 0 aliphatic rings. The van der Waals surface area contributed by atoms with E-state index in [2.05, 4.69) is 21.7 Å². The minimum atomic E-state index is -0.125. The maximum Gasteiger partial charge on any atom is 0.220 e. The summed E-state index contributed by atoms with van der Waals surface area (Å²) in [5.41, 5.74) is 4.83. The number of aromatic nitrogens is 2. The lowest BCUT2D eigenvalue weighted by Gasteiger charge is -2.14. The van der Waals surface area contributed by atoms with Gasteiger partial charge in [-0.1, -0.05) is 42.5 Å². The number of ether oxygens (including phenoxy) is 2. The first-order valence-corrected chi connectivity index (χ1v) is 9.58. The Morgan fingerprint density at radius 1 is 0.966 bits per heavy atom. The minimum absolute atomic E-state index is 0.125. The molecule has 0 amide bonds. The Labute approximate surface area is 170 Å². The maximum absolute atomic E-state index is 10.0. The molecule has 2 aromatic carbocycles. The number of benzene rings is 2. The lowest BCUT2D eigenvalue weighted by Crippen LogP contribution is -2.05. The van der Waals surface area contributed by atoms with Crippen molar-refractivity contribution in [3.63, 3.8) is 0 Å². The number of hydrogen-bond donors (Lipinski definition) is 1. The van der Waals surface area contributed by atoms with Gasteiger partial charge in [0.05, 0.1) is 24.9 Å². The zero-order valence-corrected chi connectivity index (χ0v) is 16.6. The monoisotopic (exact) mass is 388 g/mol. The standard InChI is InChI=1S/C24H24N2O3/c1-17-23-21(12-13-26(23)14-18-8-10-20(28-2)11-9-18)22(15-27)24(25-17)29-16-19-6-4-3-5-7-19/h3-13,27H,14-16H2,1-2H3. The van der Waals surface area contributed by atoms with E-state index in [1.54, 1.807) is 7.11 Å². The van der Waals surface area contributed by atoms with Crippen LogP contribution in [0.15, 0.2) is 66.9 Å². The Balaban J connectivity index is 1.65. The quantitative estimate of drug-likeness (QED) is 0.507. The summed E-state index contributed by atoms with van der Waals surface area (Å²) in [7, 11) is 1.66. The fourth-order valence-electron chi connectivity index (χ4n) is 3.56. The minimum Gasteiger partial charge on any atom is -0.497 e. The topological polar surface area (TPSA) is 56.5 Å². The van der Waals surface area contributed by atoms with Crippen LogP contribution in [0.2, 0.25) is 0 Å². The van der Waals surface area contributed by atoms with E-state index in [1.807, 2.05) is 61.7 Å². The van der Waals surface area contributed by atoms with E-state index in [4.69, 9.17) is 9.47 Å². The van der Waals surface area contributed by atoms with Gasteiger partial charge in [-0.25, -0.2) is 4.98 Å². The highest BCUT2D eigenvalue weighted by molar-refractivity contribution is 5.87. The molecule has 2 heterocycles. The number of nitrogens with zero attached hydrogens (tertiary/aromatic N) is 2. The second-order valence-corrected chi connectivity index (χ2v) is 6.97. The number of methoxy groups -OCH3 is 1. The summed E-state index contributed by atoms with van der Waals surface area (Å²) in [5.74, 6) is 1.33. The average molecular weight is 388 g/mol. The first-order chi connectivity index (χ1) is 14.2. The van der Waals surface area contributed by atoms with E-state index in [1.165, 1.54) is 0 Å². The highest BCUT2D eigenvalue weighted by Gasteiger charge is 2.16. The van der Waals surface area contributed by atoms with Crippen molar-refractivity contribution in [1.82, 2.24) is 9.55 Å². The van der Waals surface area contributed by atoms with Crippen LogP contribution in [0.4, 0.5) is 0 Å². The predicted molar refractivity (Wildman–Crippen MR) is 113 cm³/mol. The molecule has 1 N–H and O–H groups in total. The van der Waals surface area contributed by atoms with Crippen molar-refractivity contribution in [1.29, 1.82) is 0 Å². The molecular weight excluding hydrogens is 364 g/mol. The van der Waals surface area contributed by atoms with Gasteiger partial charge in [0, 0.05) is 23.7 Å². The van der Waals surface area contributed by atoms with Gasteiger partial charge in [-0.3, -0.25) is 0 Å². The summed E-state index contributed by atoms with van der Waals surface area (Å²) in [5, 5.41) is 11.0. The Hall–Kier alpha value is -3.31. The molecule has 4 aromatic rings. The summed E-state index contributed by atoms with van der Waals surface area (Å²) < 4.78 is 13.3. The van der Waals surface area contributed by atoms with E-state index in [0.717, 1.165) is 39.0 Å². The fraction of sp³-hybridized carbons (Fsp3) is 0.208. The third kappa shape index (κ3) is 3.96. The highest BCUT2D eigenvalue weighted by atomic mass is 16.5. The summed E-state index contributed by atoms with van der Waals surface area (Å²) in [4.78, 5) is 4.67. The number of hydrogen-bond acceptors (Lipinski definition) is 4. The van der Waals surface area contributed by atoms with Crippen molar-refractivity contribution in [2.45, 2.75) is 26.7 Å². The third-order valence-electron chi connectivity index (χ3n) is 5.05. The molecule has 0 aliphatic carbocycles. The highest BCUT2D eigenvalue weighted by Crippen LogP contribution is 2.30. The molecule has 0 atom stereocenters. The first kappa shape index (κ1) is 19.0. The molecule has 0 aliphatic heterocycles. The molecule has 0 fully saturated rings. The van der Waals surface area contributed by atoms with Gasteiger partial charge in [0.25, 0.3) is 0 Å². The number of pyridine rings is 1. The molecule has 0 radical (unpaired) electrons. The third-order valence-corrected chi connectivity index (χ3v) is 5.05. The van der Waals surface area contributed by atoms with Crippen LogP contribution in [0, 0.1) is 6.92 Å². The van der Waals surface area contributed by atoms with Crippen molar-refractivity contribution in [3.8, 4) is 11.6 Å². The van der Waals surface area contributed by atoms with E-state index >= 15 is 0 Å². The summed E-state index contributed by atoms with van der Waals surface area (Å²) in [6.45, 7) is 2.98. The number of aliphatic hydroxyl groups excluding tert-OH is 1. The van der Waals surface area contributed by atoms with Gasteiger partial charge in [-0.05, 0) is 36.2 Å². The Bertz CT molecular complexity index is 1100. The molecule has 0 bridgehead atoms. The van der Waals surface area contributed by atoms with Crippen molar-refractivity contribution in [2.24, 2.45) is 0 Å². The summed E-state index contributed by atoms with van der Waals surface area (Å²) in [6, 6.07) is 20.0. The molecular formula is C24H24N2O3. The molecule has 0 saturated carbocycles. The van der Waals surface area contributed by atoms with Gasteiger partial charge < -0.3 is 19.1 Å². The van der Waals surface area contributed by atoms with Gasteiger partial charge in [0.1, 0.15) is 12.4 Å². The van der Waals surface area contributed by atoms with Crippen molar-refractivity contribution < 1.29 is 14.6 Å². The number of rotatable bonds is 7. The van der Waals surface area contributed by atoms with Crippen molar-refractivity contribution >= 4 is 10.9 Å². The second-order valence-electron chi connectivity index (χ2n) is 6.97. The Morgan fingerprint density at radius 2 is 1.72 bits per heavy atom. The normalized spacial score (nSPS) is 11.0. The van der Waals surface area contributed by atoms with Crippen LogP contribution in [-0.4, -0.2) is 21.8 Å². The molecule has 148 valence electrons. The largest absolute Gasteiger partial charge is 0.497 e.